The number of carbonyl (C=O) groups is 2. The number of hydrogen-bond acceptors (Lipinski definition) is 5. The molecule has 4 rings (SSSR count). The number of hydrogen-bond donors (Lipinski definition) is 3. The van der Waals surface area contributed by atoms with E-state index < -0.39 is 11.5 Å². The van der Waals surface area contributed by atoms with Crippen molar-refractivity contribution in [3.05, 3.63) is 59.9 Å². The van der Waals surface area contributed by atoms with Gasteiger partial charge in [0.1, 0.15) is 5.54 Å². The summed E-state index contributed by atoms with van der Waals surface area (Å²) >= 11 is 0. The molecule has 1 aliphatic carbocycles. The Kier molecular flexibility index (Phi) is 4.89. The number of fused-ring (bicyclic) bond motifs is 2. The Labute approximate surface area is 164 Å². The van der Waals surface area contributed by atoms with E-state index >= 15 is 0 Å². The van der Waals surface area contributed by atoms with Gasteiger partial charge in [0.15, 0.2) is 5.78 Å². The number of benzene rings is 1. The smallest absolute Gasteiger partial charge is 0.324 e. The molecule has 2 heterocycles. The van der Waals surface area contributed by atoms with Crippen LogP contribution in [0.2, 0.25) is 0 Å². The molecule has 2 aliphatic rings. The molecule has 2 aromatic rings. The summed E-state index contributed by atoms with van der Waals surface area (Å²) in [6.07, 6.45) is 6.30. The number of carboxylic acids is 1. The number of aromatic nitrogens is 1. The number of pyridine rings is 1. The first kappa shape index (κ1) is 18.6. The first-order valence-electron chi connectivity index (χ1n) is 9.81. The Morgan fingerprint density at radius 3 is 2.79 bits per heavy atom. The molecule has 4 N–H and O–H groups in total. The van der Waals surface area contributed by atoms with Crippen molar-refractivity contribution in [3.63, 3.8) is 0 Å². The van der Waals surface area contributed by atoms with Gasteiger partial charge in [-0.2, -0.15) is 0 Å². The van der Waals surface area contributed by atoms with E-state index in [1.807, 2.05) is 24.3 Å². The number of nitrogens with one attached hydrogen (secondary N) is 1. The van der Waals surface area contributed by atoms with Crippen LogP contribution >= 0.6 is 0 Å². The summed E-state index contributed by atoms with van der Waals surface area (Å²) in [5.74, 6) is -1.34. The lowest BCUT2D eigenvalue weighted by molar-refractivity contribution is -0.145. The molecular weight excluding hydrogens is 354 g/mol. The summed E-state index contributed by atoms with van der Waals surface area (Å²) in [7, 11) is 0. The van der Waals surface area contributed by atoms with Gasteiger partial charge in [0.2, 0.25) is 0 Å². The lowest BCUT2D eigenvalue weighted by Gasteiger charge is -2.44. The van der Waals surface area contributed by atoms with Gasteiger partial charge in [-0.3, -0.25) is 14.6 Å². The number of carboxylic acid groups (broad SMARTS) is 1. The van der Waals surface area contributed by atoms with Crippen LogP contribution in [0.5, 0.6) is 0 Å². The predicted octanol–water partition coefficient (Wildman–Crippen LogP) is 3.20. The van der Waals surface area contributed by atoms with Gasteiger partial charge in [-0.05, 0) is 48.9 Å². The number of Topliss-reactive ketones (excluding diaryl/α,β-unsaturated/α-hetero) is 1. The second-order valence-corrected chi connectivity index (χ2v) is 7.92. The zero-order valence-corrected chi connectivity index (χ0v) is 15.7. The third kappa shape index (κ3) is 3.18. The molecule has 0 saturated heterocycles. The number of nitrogens with zero attached hydrogens (tertiary/aromatic N) is 1. The molecule has 6 nitrogen and oxygen atoms in total. The molecule has 0 amide bonds. The van der Waals surface area contributed by atoms with Crippen LogP contribution in [-0.4, -0.2) is 33.4 Å². The fourth-order valence-corrected chi connectivity index (χ4v) is 4.94. The van der Waals surface area contributed by atoms with Gasteiger partial charge < -0.3 is 16.2 Å². The molecule has 28 heavy (non-hydrogen) atoms. The van der Waals surface area contributed by atoms with E-state index in [-0.39, 0.29) is 36.5 Å². The van der Waals surface area contributed by atoms with Crippen molar-refractivity contribution >= 4 is 17.4 Å². The largest absolute Gasteiger partial charge is 0.480 e. The number of nitrogens with two attached hydrogens (primary N) is 1. The first-order valence-corrected chi connectivity index (χ1v) is 9.81. The van der Waals surface area contributed by atoms with Gasteiger partial charge >= 0.3 is 5.97 Å². The van der Waals surface area contributed by atoms with Crippen molar-refractivity contribution in [2.45, 2.75) is 49.6 Å². The average Bonchev–Trinajstić information content (AvgIpc) is 3.18. The average molecular weight is 379 g/mol. The van der Waals surface area contributed by atoms with Crippen molar-refractivity contribution in [1.82, 2.24) is 4.98 Å². The third-order valence-electron chi connectivity index (χ3n) is 6.34. The van der Waals surface area contributed by atoms with Gasteiger partial charge in [0.05, 0.1) is 0 Å². The lowest BCUT2D eigenvalue weighted by atomic mass is 9.66. The van der Waals surface area contributed by atoms with Crippen molar-refractivity contribution < 1.29 is 14.7 Å². The van der Waals surface area contributed by atoms with E-state index in [2.05, 4.69) is 10.3 Å². The minimum absolute atomic E-state index is 0.0813. The van der Waals surface area contributed by atoms with Crippen LogP contribution in [0.3, 0.4) is 0 Å². The fourth-order valence-electron chi connectivity index (χ4n) is 4.94. The highest BCUT2D eigenvalue weighted by Crippen LogP contribution is 2.50. The van der Waals surface area contributed by atoms with Crippen LogP contribution in [0.1, 0.15) is 53.9 Å². The Balaban J connectivity index is 1.66. The second kappa shape index (κ2) is 7.36. The fraction of sp³-hybridized carbons (Fsp3) is 0.409. The lowest BCUT2D eigenvalue weighted by Crippen LogP contribution is -2.57. The molecule has 4 unspecified atom stereocenters. The van der Waals surface area contributed by atoms with Crippen molar-refractivity contribution in [2.75, 3.05) is 5.32 Å². The highest BCUT2D eigenvalue weighted by molar-refractivity contribution is 5.96. The van der Waals surface area contributed by atoms with E-state index in [1.54, 1.807) is 18.3 Å². The van der Waals surface area contributed by atoms with Crippen LogP contribution in [0, 0.1) is 5.92 Å². The number of para-hydroxylation sites is 1. The third-order valence-corrected chi connectivity index (χ3v) is 6.34. The summed E-state index contributed by atoms with van der Waals surface area (Å²) in [6.45, 7) is 0. The van der Waals surface area contributed by atoms with Crippen molar-refractivity contribution in [1.29, 1.82) is 0 Å². The van der Waals surface area contributed by atoms with Gasteiger partial charge in [-0.1, -0.05) is 24.6 Å². The Morgan fingerprint density at radius 2 is 2.04 bits per heavy atom. The van der Waals surface area contributed by atoms with Crippen LogP contribution in [-0.2, 0) is 4.79 Å². The molecular formula is C22H25N3O3. The Morgan fingerprint density at radius 1 is 1.21 bits per heavy atom. The van der Waals surface area contributed by atoms with Gasteiger partial charge in [0.25, 0.3) is 0 Å². The van der Waals surface area contributed by atoms with Crippen molar-refractivity contribution in [3.8, 4) is 0 Å². The standard InChI is InChI=1S/C22H25N3O3/c23-22(21(27)28,11-10-19(26)14-5-4-12-24-13-14)20-15-6-1-2-8-17(15)25-18-9-3-7-16(18)20/h1-2,4-6,8,12-13,16,18,20,25H,3,7,9-11,23H2,(H,27,28). The maximum Gasteiger partial charge on any atom is 0.324 e. The SMILES string of the molecule is NC(CCC(=O)c1cccnc1)(C(=O)O)C1c2ccccc2NC2CCCC21. The molecule has 0 spiro atoms. The summed E-state index contributed by atoms with van der Waals surface area (Å²) in [6, 6.07) is 11.5. The van der Waals surface area contributed by atoms with E-state index in [4.69, 9.17) is 5.73 Å². The summed E-state index contributed by atoms with van der Waals surface area (Å²) in [4.78, 5) is 28.9. The van der Waals surface area contributed by atoms with E-state index in [1.165, 1.54) is 6.20 Å². The number of carbonyl (C=O) groups excluding carboxylic acids is 1. The maximum absolute atomic E-state index is 12.6. The summed E-state index contributed by atoms with van der Waals surface area (Å²) < 4.78 is 0. The number of rotatable bonds is 6. The molecule has 1 fully saturated rings. The normalized spacial score (nSPS) is 25.1. The van der Waals surface area contributed by atoms with Crippen LogP contribution < -0.4 is 11.1 Å². The summed E-state index contributed by atoms with van der Waals surface area (Å²) in [5.41, 5.74) is 7.52. The summed E-state index contributed by atoms with van der Waals surface area (Å²) in [5, 5.41) is 13.7. The van der Waals surface area contributed by atoms with Crippen LogP contribution in [0.15, 0.2) is 48.8 Å². The molecule has 0 radical (unpaired) electrons. The highest BCUT2D eigenvalue weighted by atomic mass is 16.4. The molecule has 4 atom stereocenters. The van der Waals surface area contributed by atoms with E-state index in [0.717, 1.165) is 30.5 Å². The number of ketones is 1. The molecule has 146 valence electrons. The maximum atomic E-state index is 12.6. The van der Waals surface area contributed by atoms with E-state index in [9.17, 15) is 14.7 Å². The molecule has 6 heteroatoms. The molecule has 1 aliphatic heterocycles. The number of anilines is 1. The monoisotopic (exact) mass is 379 g/mol. The predicted molar refractivity (Wildman–Crippen MR) is 106 cm³/mol. The zero-order valence-electron chi connectivity index (χ0n) is 15.7. The van der Waals surface area contributed by atoms with Gasteiger partial charge in [-0.15, -0.1) is 0 Å². The molecule has 1 aromatic heterocycles. The minimum Gasteiger partial charge on any atom is -0.480 e. The number of aliphatic carboxylic acids is 1. The van der Waals surface area contributed by atoms with E-state index in [0.29, 0.717) is 5.56 Å². The van der Waals surface area contributed by atoms with Gasteiger partial charge in [-0.25, -0.2) is 0 Å². The van der Waals surface area contributed by atoms with Crippen LogP contribution in [0.25, 0.3) is 0 Å². The van der Waals surface area contributed by atoms with Crippen LogP contribution in [0.4, 0.5) is 5.69 Å². The first-order chi connectivity index (χ1) is 13.5. The topological polar surface area (TPSA) is 105 Å². The second-order valence-electron chi connectivity index (χ2n) is 7.92. The Hall–Kier alpha value is -2.73. The zero-order chi connectivity index (χ0) is 19.7. The molecule has 1 saturated carbocycles. The Bertz CT molecular complexity index is 886. The quantitative estimate of drug-likeness (QED) is 0.666. The van der Waals surface area contributed by atoms with Crippen molar-refractivity contribution in [2.24, 2.45) is 11.7 Å². The van der Waals surface area contributed by atoms with Gasteiger partial charge in [0, 0.05) is 42.0 Å². The molecule has 1 aromatic carbocycles. The molecule has 0 bridgehead atoms. The minimum atomic E-state index is -1.50. The highest BCUT2D eigenvalue weighted by Gasteiger charge is 2.52.